The first-order valence-corrected chi connectivity index (χ1v) is 19.9. The highest BCUT2D eigenvalue weighted by molar-refractivity contribution is 6.12. The highest BCUT2D eigenvalue weighted by Gasteiger charge is 2.41. The van der Waals surface area contributed by atoms with E-state index in [1.807, 2.05) is 147 Å². The average molecular weight is 826 g/mol. The first-order chi connectivity index (χ1) is 29.8. The molecule has 9 heteroatoms. The van der Waals surface area contributed by atoms with Crippen LogP contribution < -0.4 is 0 Å². The van der Waals surface area contributed by atoms with Gasteiger partial charge in [-0.05, 0) is 90.2 Å². The van der Waals surface area contributed by atoms with Gasteiger partial charge in [-0.25, -0.2) is 0 Å². The smallest absolute Gasteiger partial charge is 0.308 e. The Morgan fingerprint density at radius 2 is 0.790 bits per heavy atom. The molecule has 0 aliphatic rings. The summed E-state index contributed by atoms with van der Waals surface area (Å²) in [5.41, 5.74) is 4.14. The van der Waals surface area contributed by atoms with Gasteiger partial charge in [0.1, 0.15) is 11.6 Å². The first kappa shape index (κ1) is 38.6. The van der Waals surface area contributed by atoms with Crippen LogP contribution in [-0.2, 0) is 12.4 Å². The number of hydrogen-bond acceptors (Lipinski definition) is 1. The van der Waals surface area contributed by atoms with Crippen molar-refractivity contribution >= 4 is 43.6 Å². The molecule has 0 saturated carbocycles. The number of aryl methyl sites for hydroxylation is 2. The van der Waals surface area contributed by atoms with Gasteiger partial charge in [0.15, 0.2) is 0 Å². The summed E-state index contributed by atoms with van der Waals surface area (Å²) >= 11 is 0. The molecule has 0 fully saturated rings. The van der Waals surface area contributed by atoms with Gasteiger partial charge in [-0.1, -0.05) is 126 Å². The van der Waals surface area contributed by atoms with E-state index in [0.717, 1.165) is 61.0 Å². The topological polar surface area (TPSA) is 33.6 Å². The van der Waals surface area contributed by atoms with Crippen molar-refractivity contribution in [2.24, 2.45) is 0 Å². The molecule has 3 nitrogen and oxygen atoms in total. The zero-order valence-corrected chi connectivity index (χ0v) is 33.2. The van der Waals surface area contributed by atoms with Crippen LogP contribution in [0.3, 0.4) is 0 Å². The number of halogens is 6. The minimum atomic E-state index is -5.16. The lowest BCUT2D eigenvalue weighted by Gasteiger charge is -2.22. The van der Waals surface area contributed by atoms with Crippen LogP contribution in [0.1, 0.15) is 27.8 Å². The van der Waals surface area contributed by atoms with E-state index >= 15 is 26.3 Å². The first-order valence-electron chi connectivity index (χ1n) is 19.9. The number of alkyl halides is 6. The lowest BCUT2D eigenvalue weighted by Crippen LogP contribution is -2.15. The lowest BCUT2D eigenvalue weighted by atomic mass is 9.91. The van der Waals surface area contributed by atoms with Gasteiger partial charge in [-0.3, -0.25) is 0 Å². The third-order valence-corrected chi connectivity index (χ3v) is 11.8. The molecule has 8 aromatic carbocycles. The highest BCUT2D eigenvalue weighted by atomic mass is 19.4. The van der Waals surface area contributed by atoms with Gasteiger partial charge in [-0.2, -0.15) is 31.6 Å². The number of benzene rings is 8. The minimum Gasteiger partial charge on any atom is -0.308 e. The van der Waals surface area contributed by atoms with E-state index in [0.29, 0.717) is 34.2 Å². The van der Waals surface area contributed by atoms with Crippen molar-refractivity contribution in [3.63, 3.8) is 0 Å². The third kappa shape index (κ3) is 6.29. The Kier molecular flexibility index (Phi) is 8.89. The Morgan fingerprint density at radius 1 is 0.403 bits per heavy atom. The van der Waals surface area contributed by atoms with Gasteiger partial charge in [0.05, 0.1) is 44.6 Å². The van der Waals surface area contributed by atoms with Crippen LogP contribution in [0.4, 0.5) is 26.3 Å². The Morgan fingerprint density at radius 3 is 1.19 bits per heavy atom. The van der Waals surface area contributed by atoms with Crippen LogP contribution in [0.2, 0.25) is 0 Å². The molecule has 62 heavy (non-hydrogen) atoms. The zero-order valence-electron chi connectivity index (χ0n) is 33.2. The molecule has 0 spiro atoms. The molecule has 0 saturated heterocycles. The second kappa shape index (κ2) is 14.3. The summed E-state index contributed by atoms with van der Waals surface area (Å²) in [5, 5.41) is 14.6. The monoisotopic (exact) mass is 825 g/mol. The van der Waals surface area contributed by atoms with Crippen molar-refractivity contribution in [1.29, 1.82) is 5.26 Å². The van der Waals surface area contributed by atoms with E-state index in [1.165, 1.54) is 12.1 Å². The average Bonchev–Trinajstić information content (AvgIpc) is 3.77. The zero-order chi connectivity index (χ0) is 43.1. The molecular weight excluding hydrogens is 793 g/mol. The highest BCUT2D eigenvalue weighted by Crippen LogP contribution is 2.48. The number of nitrogens with zero attached hydrogens (tertiary/aromatic N) is 3. The molecular formula is C53H33F6N3. The molecule has 10 rings (SSSR count). The second-order valence-electron chi connectivity index (χ2n) is 15.6. The molecule has 0 bridgehead atoms. The Hall–Kier alpha value is -7.57. The van der Waals surface area contributed by atoms with Crippen LogP contribution in [0.5, 0.6) is 0 Å². The fraction of sp³-hybridized carbons (Fsp3) is 0.0755. The molecule has 0 unspecified atom stereocenters. The lowest BCUT2D eigenvalue weighted by molar-refractivity contribution is -0.142. The van der Waals surface area contributed by atoms with Crippen LogP contribution in [0.15, 0.2) is 164 Å². The van der Waals surface area contributed by atoms with Crippen LogP contribution >= 0.6 is 0 Å². The number of para-hydroxylation sites is 2. The molecule has 0 aliphatic heterocycles. The van der Waals surface area contributed by atoms with E-state index in [-0.39, 0.29) is 22.5 Å². The van der Waals surface area contributed by atoms with E-state index < -0.39 is 29.0 Å². The van der Waals surface area contributed by atoms with Crippen molar-refractivity contribution in [2.75, 3.05) is 0 Å². The van der Waals surface area contributed by atoms with Crippen molar-refractivity contribution in [3.05, 3.63) is 192 Å². The van der Waals surface area contributed by atoms with Crippen LogP contribution in [0, 0.1) is 25.2 Å². The van der Waals surface area contributed by atoms with E-state index in [1.54, 1.807) is 9.13 Å². The standard InChI is InChI=1S/C53H33F6N3/c1-31-14-18-33(19-15-31)35-22-24-40-38-8-3-5-12-45(38)61(47(40)26-35)49-28-37(51-43(52(54,55)56)10-7-11-44(51)53(57,58)59)29-50(42(49)30-60)62-46-13-6-4-9-39(46)41-25-23-36(27-48(41)62)34-20-16-32(2)17-21-34/h3-29H,1-2H3. The van der Waals surface area contributed by atoms with Crippen molar-refractivity contribution < 1.29 is 26.3 Å². The van der Waals surface area contributed by atoms with E-state index in [2.05, 4.69) is 6.07 Å². The maximum absolute atomic E-state index is 15.1. The van der Waals surface area contributed by atoms with Gasteiger partial charge < -0.3 is 9.13 Å². The molecule has 0 N–H and O–H groups in total. The normalized spacial score (nSPS) is 12.2. The fourth-order valence-electron chi connectivity index (χ4n) is 8.87. The number of rotatable bonds is 5. The molecule has 2 aromatic heterocycles. The number of nitriles is 1. The van der Waals surface area contributed by atoms with E-state index in [9.17, 15) is 5.26 Å². The number of hydrogen-bond donors (Lipinski definition) is 0. The summed E-state index contributed by atoms with van der Waals surface area (Å²) in [7, 11) is 0. The molecule has 2 heterocycles. The minimum absolute atomic E-state index is 0.0542. The van der Waals surface area contributed by atoms with Gasteiger partial charge in [-0.15, -0.1) is 0 Å². The van der Waals surface area contributed by atoms with Gasteiger partial charge >= 0.3 is 12.4 Å². The molecule has 0 radical (unpaired) electrons. The maximum atomic E-state index is 15.1. The Balaban J connectivity index is 1.39. The third-order valence-electron chi connectivity index (χ3n) is 11.8. The SMILES string of the molecule is Cc1ccc(-c2ccc3c4ccccc4n(-c4cc(-c5c(C(F)(F)F)cccc5C(F)(F)F)cc(-n5c6ccccc6c6ccc(-c7ccc(C)cc7)cc65)c4C#N)c3c2)cc1. The van der Waals surface area contributed by atoms with Crippen LogP contribution in [0.25, 0.3) is 88.4 Å². The van der Waals surface area contributed by atoms with Crippen molar-refractivity contribution in [1.82, 2.24) is 9.13 Å². The molecule has 10 aromatic rings. The predicted octanol–water partition coefficient (Wildman–Crippen LogP) is 15.4. The fourth-order valence-corrected chi connectivity index (χ4v) is 8.87. The largest absolute Gasteiger partial charge is 0.417 e. The summed E-state index contributed by atoms with van der Waals surface area (Å²) in [6, 6.07) is 49.7. The second-order valence-corrected chi connectivity index (χ2v) is 15.6. The van der Waals surface area contributed by atoms with Gasteiger partial charge in [0.25, 0.3) is 0 Å². The number of aromatic nitrogens is 2. The number of fused-ring (bicyclic) bond motifs is 6. The van der Waals surface area contributed by atoms with Gasteiger partial charge in [0, 0.05) is 27.1 Å². The quantitative estimate of drug-likeness (QED) is 0.159. The molecule has 0 amide bonds. The molecule has 0 aliphatic carbocycles. The van der Waals surface area contributed by atoms with Gasteiger partial charge in [0.2, 0.25) is 0 Å². The summed E-state index contributed by atoms with van der Waals surface area (Å²) in [4.78, 5) is 0. The maximum Gasteiger partial charge on any atom is 0.417 e. The molecule has 0 atom stereocenters. The van der Waals surface area contributed by atoms with Crippen molar-refractivity contribution in [2.45, 2.75) is 26.2 Å². The Labute approximate surface area is 351 Å². The predicted molar refractivity (Wildman–Crippen MR) is 236 cm³/mol. The summed E-state index contributed by atoms with van der Waals surface area (Å²) in [6.07, 6.45) is -10.3. The van der Waals surface area contributed by atoms with Crippen molar-refractivity contribution in [3.8, 4) is 50.8 Å². The Bertz CT molecular complexity index is 3240. The summed E-state index contributed by atoms with van der Waals surface area (Å²) in [5.74, 6) is 0. The summed E-state index contributed by atoms with van der Waals surface area (Å²) in [6.45, 7) is 3.97. The van der Waals surface area contributed by atoms with E-state index in [4.69, 9.17) is 0 Å². The van der Waals surface area contributed by atoms with Crippen LogP contribution in [-0.4, -0.2) is 9.13 Å². The molecule has 302 valence electrons. The summed E-state index contributed by atoms with van der Waals surface area (Å²) < 4.78 is 93.9.